The Hall–Kier alpha value is -2.92. The van der Waals surface area contributed by atoms with Crippen LogP contribution < -0.4 is 0 Å². The van der Waals surface area contributed by atoms with Gasteiger partial charge in [-0.05, 0) is 30.2 Å². The van der Waals surface area contributed by atoms with Gasteiger partial charge in [0.05, 0.1) is 6.54 Å². The third kappa shape index (κ3) is 4.26. The van der Waals surface area contributed by atoms with Crippen LogP contribution in [-0.2, 0) is 12.3 Å². The third-order valence-electron chi connectivity index (χ3n) is 4.33. The van der Waals surface area contributed by atoms with Crippen LogP contribution in [0.4, 0.5) is 0 Å². The number of hydrogen-bond donors (Lipinski definition) is 0. The first-order chi connectivity index (χ1) is 13.3. The lowest BCUT2D eigenvalue weighted by molar-refractivity contribution is 0.714. The molecule has 0 atom stereocenters. The molecule has 0 fully saturated rings. The van der Waals surface area contributed by atoms with E-state index in [1.807, 2.05) is 18.2 Å². The third-order valence-corrected chi connectivity index (χ3v) is 5.37. The van der Waals surface area contributed by atoms with E-state index in [0.29, 0.717) is 0 Å². The average molecular weight is 372 g/mol. The number of thioether (sulfide) groups is 1. The minimum Gasteiger partial charge on any atom is -0.298 e. The Kier molecular flexibility index (Phi) is 5.30. The molecule has 0 spiro atoms. The van der Waals surface area contributed by atoms with Crippen molar-refractivity contribution in [1.82, 2.24) is 19.7 Å². The number of rotatable bonds is 6. The topological polar surface area (TPSA) is 43.6 Å². The van der Waals surface area contributed by atoms with Crippen molar-refractivity contribution in [2.45, 2.75) is 24.4 Å². The molecule has 0 N–H and O–H groups in total. The summed E-state index contributed by atoms with van der Waals surface area (Å²) in [6, 6.07) is 23.0. The first-order valence-corrected chi connectivity index (χ1v) is 9.84. The van der Waals surface area contributed by atoms with Crippen molar-refractivity contribution in [1.29, 1.82) is 0 Å². The van der Waals surface area contributed by atoms with Crippen molar-refractivity contribution in [2.24, 2.45) is 0 Å². The molecule has 0 aliphatic carbocycles. The zero-order chi connectivity index (χ0) is 18.5. The molecule has 4 aromatic rings. The van der Waals surface area contributed by atoms with Crippen molar-refractivity contribution < 1.29 is 0 Å². The molecule has 2 aromatic heterocycles. The van der Waals surface area contributed by atoms with E-state index in [0.717, 1.165) is 28.8 Å². The summed E-state index contributed by atoms with van der Waals surface area (Å²) in [4.78, 5) is 4.11. The van der Waals surface area contributed by atoms with Gasteiger partial charge in [-0.1, -0.05) is 71.9 Å². The molecular weight excluding hydrogens is 352 g/mol. The van der Waals surface area contributed by atoms with Crippen LogP contribution in [0.3, 0.4) is 0 Å². The number of nitrogens with zero attached hydrogens (tertiary/aromatic N) is 4. The number of aromatic nitrogens is 4. The monoisotopic (exact) mass is 372 g/mol. The molecule has 4 rings (SSSR count). The molecule has 0 unspecified atom stereocenters. The molecule has 0 saturated carbocycles. The van der Waals surface area contributed by atoms with E-state index < -0.39 is 0 Å². The molecule has 2 heterocycles. The van der Waals surface area contributed by atoms with Crippen LogP contribution in [-0.4, -0.2) is 19.7 Å². The Morgan fingerprint density at radius 2 is 1.56 bits per heavy atom. The number of pyridine rings is 1. The maximum absolute atomic E-state index is 4.48. The summed E-state index contributed by atoms with van der Waals surface area (Å²) in [5, 5.41) is 9.87. The number of hydrogen-bond acceptors (Lipinski definition) is 4. The van der Waals surface area contributed by atoms with Gasteiger partial charge in [-0.25, -0.2) is 0 Å². The fraction of sp³-hybridized carbons (Fsp3) is 0.136. The highest BCUT2D eigenvalue weighted by Gasteiger charge is 2.15. The van der Waals surface area contributed by atoms with Crippen molar-refractivity contribution in [3.63, 3.8) is 0 Å². The summed E-state index contributed by atoms with van der Waals surface area (Å²) in [6.45, 7) is 2.84. The van der Waals surface area contributed by atoms with E-state index in [1.165, 1.54) is 16.7 Å². The summed E-state index contributed by atoms with van der Waals surface area (Å²) < 4.78 is 2.18. The van der Waals surface area contributed by atoms with Crippen molar-refractivity contribution in [3.8, 4) is 11.4 Å². The normalized spacial score (nSPS) is 10.9. The van der Waals surface area contributed by atoms with E-state index in [9.17, 15) is 0 Å². The number of benzene rings is 2. The van der Waals surface area contributed by atoms with Crippen LogP contribution in [0.5, 0.6) is 0 Å². The van der Waals surface area contributed by atoms with Gasteiger partial charge < -0.3 is 0 Å². The van der Waals surface area contributed by atoms with Crippen molar-refractivity contribution >= 4 is 11.8 Å². The molecule has 27 heavy (non-hydrogen) atoms. The van der Waals surface area contributed by atoms with E-state index in [1.54, 1.807) is 24.2 Å². The quantitative estimate of drug-likeness (QED) is 0.447. The van der Waals surface area contributed by atoms with Crippen LogP contribution in [0.1, 0.15) is 16.7 Å². The van der Waals surface area contributed by atoms with E-state index in [4.69, 9.17) is 0 Å². The molecule has 0 aliphatic heterocycles. The lowest BCUT2D eigenvalue weighted by atomic mass is 10.2. The SMILES string of the molecule is Cc1ccc(CSc2nnc(-c3ccncc3)n2Cc2ccccc2)cc1. The second-order valence-electron chi connectivity index (χ2n) is 6.39. The summed E-state index contributed by atoms with van der Waals surface area (Å²) >= 11 is 1.71. The Morgan fingerprint density at radius 1 is 0.815 bits per heavy atom. The lowest BCUT2D eigenvalue weighted by Crippen LogP contribution is -2.04. The van der Waals surface area contributed by atoms with Gasteiger partial charge in [0.2, 0.25) is 0 Å². The molecule has 134 valence electrons. The Labute approximate surface area is 163 Å². The standard InChI is InChI=1S/C22H20N4S/c1-17-7-9-19(10-8-17)16-27-22-25-24-21(20-11-13-23-14-12-20)26(22)15-18-5-3-2-4-6-18/h2-14H,15-16H2,1H3. The Morgan fingerprint density at radius 3 is 2.30 bits per heavy atom. The number of aryl methyl sites for hydroxylation is 1. The molecular formula is C22H20N4S. The molecule has 0 aliphatic rings. The summed E-state index contributed by atoms with van der Waals surface area (Å²) in [5.41, 5.74) is 4.81. The van der Waals surface area contributed by atoms with Gasteiger partial charge in [-0.15, -0.1) is 10.2 Å². The van der Waals surface area contributed by atoms with Gasteiger partial charge in [0.15, 0.2) is 11.0 Å². The highest BCUT2D eigenvalue weighted by molar-refractivity contribution is 7.98. The fourth-order valence-electron chi connectivity index (χ4n) is 2.85. The largest absolute Gasteiger partial charge is 0.298 e. The highest BCUT2D eigenvalue weighted by Crippen LogP contribution is 2.27. The molecule has 4 nitrogen and oxygen atoms in total. The van der Waals surface area contributed by atoms with Crippen molar-refractivity contribution in [3.05, 3.63) is 95.8 Å². The molecule has 0 amide bonds. The van der Waals surface area contributed by atoms with Gasteiger partial charge >= 0.3 is 0 Å². The highest BCUT2D eigenvalue weighted by atomic mass is 32.2. The molecule has 2 aromatic carbocycles. The van der Waals surface area contributed by atoms with Crippen LogP contribution in [0.25, 0.3) is 11.4 Å². The second kappa shape index (κ2) is 8.18. The second-order valence-corrected chi connectivity index (χ2v) is 7.33. The first kappa shape index (κ1) is 17.5. The van der Waals surface area contributed by atoms with Gasteiger partial charge in [-0.3, -0.25) is 9.55 Å². The molecule has 5 heteroatoms. The van der Waals surface area contributed by atoms with Crippen LogP contribution in [0, 0.1) is 6.92 Å². The van der Waals surface area contributed by atoms with Crippen LogP contribution >= 0.6 is 11.8 Å². The Bertz CT molecular complexity index is 996. The zero-order valence-electron chi connectivity index (χ0n) is 15.1. The van der Waals surface area contributed by atoms with Crippen LogP contribution in [0.15, 0.2) is 84.3 Å². The summed E-state index contributed by atoms with van der Waals surface area (Å²) in [7, 11) is 0. The predicted molar refractivity (Wildman–Crippen MR) is 110 cm³/mol. The minimum absolute atomic E-state index is 0.738. The van der Waals surface area contributed by atoms with Gasteiger partial charge in [0.1, 0.15) is 0 Å². The minimum atomic E-state index is 0.738. The van der Waals surface area contributed by atoms with E-state index >= 15 is 0 Å². The summed E-state index contributed by atoms with van der Waals surface area (Å²) in [5.74, 6) is 1.73. The van der Waals surface area contributed by atoms with Gasteiger partial charge in [0, 0.05) is 23.7 Å². The first-order valence-electron chi connectivity index (χ1n) is 8.85. The van der Waals surface area contributed by atoms with E-state index in [2.05, 4.69) is 75.2 Å². The predicted octanol–water partition coefficient (Wildman–Crippen LogP) is 4.99. The van der Waals surface area contributed by atoms with Crippen molar-refractivity contribution in [2.75, 3.05) is 0 Å². The Balaban J connectivity index is 1.64. The maximum atomic E-state index is 4.48. The van der Waals surface area contributed by atoms with Gasteiger partial charge in [-0.2, -0.15) is 0 Å². The molecule has 0 radical (unpaired) electrons. The zero-order valence-corrected chi connectivity index (χ0v) is 15.9. The fourth-order valence-corrected chi connectivity index (χ4v) is 3.74. The lowest BCUT2D eigenvalue weighted by Gasteiger charge is -2.10. The van der Waals surface area contributed by atoms with Gasteiger partial charge in [0.25, 0.3) is 0 Å². The average Bonchev–Trinajstić information content (AvgIpc) is 3.11. The molecule has 0 saturated heterocycles. The molecule has 0 bridgehead atoms. The maximum Gasteiger partial charge on any atom is 0.192 e. The summed E-state index contributed by atoms with van der Waals surface area (Å²) in [6.07, 6.45) is 3.58. The van der Waals surface area contributed by atoms with E-state index in [-0.39, 0.29) is 0 Å². The van der Waals surface area contributed by atoms with Crippen LogP contribution in [0.2, 0.25) is 0 Å². The smallest absolute Gasteiger partial charge is 0.192 e.